The summed E-state index contributed by atoms with van der Waals surface area (Å²) in [5.74, 6) is -5.97. The minimum atomic E-state index is -5.44. The largest absolute Gasteiger partial charge is 0.491 e. The molecule has 0 bridgehead atoms. The number of esters is 2. The Morgan fingerprint density at radius 1 is 0.800 bits per heavy atom. The summed E-state index contributed by atoms with van der Waals surface area (Å²) in [4.78, 5) is 54.9. The van der Waals surface area contributed by atoms with Gasteiger partial charge in [-0.05, 0) is 66.4 Å². The van der Waals surface area contributed by atoms with Gasteiger partial charge in [0.15, 0.2) is 5.75 Å². The lowest BCUT2D eigenvalue weighted by Crippen LogP contribution is -2.41. The molecule has 7 rings (SSSR count). The third kappa shape index (κ3) is 12.5. The molecule has 0 unspecified atom stereocenters. The summed E-state index contributed by atoms with van der Waals surface area (Å²) in [6.45, 7) is 1.80. The summed E-state index contributed by atoms with van der Waals surface area (Å²) in [7, 11) is -2.30. The highest BCUT2D eigenvalue weighted by atomic mass is 32.2. The second-order valence-corrected chi connectivity index (χ2v) is 18.1. The number of likely N-dealkylation sites (N-methyl/N-ethyl adjacent to an activating group) is 1. The molecule has 1 aromatic heterocycles. The average molecular weight is 994 g/mol. The number of benzene rings is 5. The molecule has 1 saturated heterocycles. The van der Waals surface area contributed by atoms with E-state index in [2.05, 4.69) is 25.3 Å². The first kappa shape index (κ1) is 50.6. The number of sulfone groups is 1. The van der Waals surface area contributed by atoms with Gasteiger partial charge in [-0.1, -0.05) is 78.9 Å². The quantitative estimate of drug-likeness (QED) is 0.0479. The summed E-state index contributed by atoms with van der Waals surface area (Å²) >= 11 is 0. The number of hydrogen-bond donors (Lipinski definition) is 3. The number of carbonyl (C=O) groups excluding carboxylic acids is 3. The summed E-state index contributed by atoms with van der Waals surface area (Å²) in [6.07, 6.45) is -12.2. The van der Waals surface area contributed by atoms with Gasteiger partial charge in [0.25, 0.3) is 0 Å². The molecule has 368 valence electrons. The number of amides is 1. The van der Waals surface area contributed by atoms with Crippen LogP contribution in [0.5, 0.6) is 5.75 Å². The Bertz CT molecular complexity index is 3000. The van der Waals surface area contributed by atoms with E-state index in [0.29, 0.717) is 56.0 Å². The molecule has 0 spiro atoms. The van der Waals surface area contributed by atoms with E-state index in [1.54, 1.807) is 25.2 Å². The van der Waals surface area contributed by atoms with Crippen LogP contribution in [0.3, 0.4) is 0 Å². The summed E-state index contributed by atoms with van der Waals surface area (Å²) in [5.41, 5.74) is 1.89. The standard InChI is InChI=1S/C49H45F6N5O9S/c1-59(27-28-60-25-23-33(24-26-60)67-47(64)57-38-12-6-5-11-35(38)32-9-3-2-4-10-32)39-13-7-8-14-42(39)70(65,66)34-17-15-31(16-18-34)29-56-30-41(69-46(63)49(53,54)55)36-19-21-40(68-45(62)48(50,51)52)44-37(36)20-22-43(61)58-44/h2-22,33,41,56H,23-30H2,1H3,(H,57,64)(H,58,61)/t41-/m0/s1. The van der Waals surface area contributed by atoms with Crippen LogP contribution in [0.1, 0.15) is 30.1 Å². The number of pyridine rings is 1. The van der Waals surface area contributed by atoms with Crippen LogP contribution >= 0.6 is 0 Å². The van der Waals surface area contributed by atoms with E-state index in [0.717, 1.165) is 35.4 Å². The number of likely N-dealkylation sites (tertiary alicyclic amines) is 1. The maximum absolute atomic E-state index is 14.1. The summed E-state index contributed by atoms with van der Waals surface area (Å²) in [5, 5.41) is 5.54. The molecule has 21 heteroatoms. The highest BCUT2D eigenvalue weighted by Gasteiger charge is 2.43. The highest BCUT2D eigenvalue weighted by Crippen LogP contribution is 2.35. The lowest BCUT2D eigenvalue weighted by molar-refractivity contribution is -0.205. The van der Waals surface area contributed by atoms with E-state index >= 15 is 0 Å². The zero-order valence-corrected chi connectivity index (χ0v) is 38.0. The van der Waals surface area contributed by atoms with Crippen molar-refractivity contribution < 1.29 is 63.4 Å². The van der Waals surface area contributed by atoms with Crippen LogP contribution in [-0.4, -0.2) is 94.6 Å². The van der Waals surface area contributed by atoms with Gasteiger partial charge < -0.3 is 34.3 Å². The van der Waals surface area contributed by atoms with Crippen LogP contribution in [0.15, 0.2) is 142 Å². The molecule has 6 aromatic rings. The first-order valence-electron chi connectivity index (χ1n) is 21.7. The number of alkyl halides is 6. The minimum absolute atomic E-state index is 0.0458. The predicted octanol–water partition coefficient (Wildman–Crippen LogP) is 8.58. The number of nitrogens with zero attached hydrogens (tertiary/aromatic N) is 2. The number of ether oxygens (including phenoxy) is 3. The molecule has 0 saturated carbocycles. The van der Waals surface area contributed by atoms with Crippen molar-refractivity contribution in [1.29, 1.82) is 0 Å². The van der Waals surface area contributed by atoms with Crippen molar-refractivity contribution in [1.82, 2.24) is 15.2 Å². The van der Waals surface area contributed by atoms with E-state index in [1.807, 2.05) is 59.5 Å². The second kappa shape index (κ2) is 21.6. The average Bonchev–Trinajstić information content (AvgIpc) is 3.33. The normalized spacial score (nSPS) is 14.2. The molecule has 1 aliphatic heterocycles. The molecule has 1 amide bonds. The Labute approximate surface area is 397 Å². The van der Waals surface area contributed by atoms with Crippen molar-refractivity contribution in [2.75, 3.05) is 50.0 Å². The Balaban J connectivity index is 0.951. The lowest BCUT2D eigenvalue weighted by atomic mass is 10.0. The minimum Gasteiger partial charge on any atom is -0.449 e. The van der Waals surface area contributed by atoms with Gasteiger partial charge in [-0.25, -0.2) is 22.8 Å². The van der Waals surface area contributed by atoms with E-state index in [-0.39, 0.29) is 33.4 Å². The van der Waals surface area contributed by atoms with Crippen molar-refractivity contribution in [2.45, 2.75) is 53.7 Å². The zero-order chi connectivity index (χ0) is 50.2. The number of aromatic amines is 1. The zero-order valence-electron chi connectivity index (χ0n) is 37.2. The highest BCUT2D eigenvalue weighted by molar-refractivity contribution is 7.91. The van der Waals surface area contributed by atoms with Crippen molar-refractivity contribution >= 4 is 50.1 Å². The van der Waals surface area contributed by atoms with E-state index < -0.39 is 69.7 Å². The third-order valence-corrected chi connectivity index (χ3v) is 13.2. The number of nitrogens with one attached hydrogen (secondary N) is 3. The van der Waals surface area contributed by atoms with Crippen LogP contribution < -0.4 is 25.8 Å². The number of aromatic nitrogens is 1. The van der Waals surface area contributed by atoms with Gasteiger partial charge in [-0.2, -0.15) is 26.3 Å². The molecule has 0 radical (unpaired) electrons. The number of para-hydroxylation sites is 2. The fraction of sp³-hybridized carbons (Fsp3) is 0.265. The van der Waals surface area contributed by atoms with Gasteiger partial charge in [0.2, 0.25) is 15.4 Å². The second-order valence-electron chi connectivity index (χ2n) is 16.2. The molecule has 5 aromatic carbocycles. The van der Waals surface area contributed by atoms with Gasteiger partial charge in [0, 0.05) is 68.9 Å². The van der Waals surface area contributed by atoms with Crippen LogP contribution in [0, 0.1) is 0 Å². The number of rotatable bonds is 16. The summed E-state index contributed by atoms with van der Waals surface area (Å²) in [6, 6.07) is 33.2. The molecular weight excluding hydrogens is 949 g/mol. The smallest absolute Gasteiger partial charge is 0.449 e. The van der Waals surface area contributed by atoms with Gasteiger partial charge in [0.1, 0.15) is 12.2 Å². The fourth-order valence-electron chi connectivity index (χ4n) is 7.86. The maximum Gasteiger partial charge on any atom is 0.491 e. The van der Waals surface area contributed by atoms with Crippen molar-refractivity contribution in [3.05, 3.63) is 149 Å². The topological polar surface area (TPSA) is 176 Å². The fourth-order valence-corrected chi connectivity index (χ4v) is 9.36. The van der Waals surface area contributed by atoms with E-state index in [9.17, 15) is 53.9 Å². The van der Waals surface area contributed by atoms with Gasteiger partial charge >= 0.3 is 30.4 Å². The molecule has 1 fully saturated rings. The molecular formula is C49H45F6N5O9S. The molecule has 2 heterocycles. The monoisotopic (exact) mass is 993 g/mol. The molecule has 70 heavy (non-hydrogen) atoms. The van der Waals surface area contributed by atoms with Gasteiger partial charge in [0.05, 0.1) is 26.7 Å². The van der Waals surface area contributed by atoms with Gasteiger partial charge in [-0.15, -0.1) is 0 Å². The number of H-pyrrole nitrogens is 1. The number of anilines is 2. The Hall–Kier alpha value is -7.23. The van der Waals surface area contributed by atoms with E-state index in [4.69, 9.17) is 9.47 Å². The Morgan fingerprint density at radius 3 is 2.16 bits per heavy atom. The van der Waals surface area contributed by atoms with Crippen LogP contribution in [0.25, 0.3) is 22.0 Å². The number of hydrogen-bond acceptors (Lipinski definition) is 12. The van der Waals surface area contributed by atoms with Crippen molar-refractivity contribution in [2.24, 2.45) is 0 Å². The first-order chi connectivity index (χ1) is 33.3. The van der Waals surface area contributed by atoms with E-state index in [1.165, 1.54) is 30.3 Å². The summed E-state index contributed by atoms with van der Waals surface area (Å²) < 4.78 is 122. The molecule has 0 aliphatic carbocycles. The number of piperidine rings is 1. The lowest BCUT2D eigenvalue weighted by Gasteiger charge is -2.33. The Morgan fingerprint density at radius 2 is 1.46 bits per heavy atom. The third-order valence-electron chi connectivity index (χ3n) is 11.4. The first-order valence-corrected chi connectivity index (χ1v) is 23.2. The van der Waals surface area contributed by atoms with Crippen LogP contribution in [-0.2, 0) is 35.4 Å². The van der Waals surface area contributed by atoms with Gasteiger partial charge in [-0.3, -0.25) is 10.1 Å². The van der Waals surface area contributed by atoms with Crippen molar-refractivity contribution in [3.8, 4) is 16.9 Å². The molecule has 14 nitrogen and oxygen atoms in total. The number of fused-ring (bicyclic) bond motifs is 1. The van der Waals surface area contributed by atoms with Crippen molar-refractivity contribution in [3.63, 3.8) is 0 Å². The SMILES string of the molecule is CN(CCN1CCC(OC(=O)Nc2ccccc2-c2ccccc2)CC1)c1ccccc1S(=O)(=O)c1ccc(CNC[C@H](OC(=O)C(F)(F)F)c2ccc(OC(=O)C(F)(F)F)c3[nH]c(=O)ccc23)cc1. The Kier molecular flexibility index (Phi) is 15.6. The predicted molar refractivity (Wildman–Crippen MR) is 246 cm³/mol. The molecule has 3 N–H and O–H groups in total. The molecule has 1 atom stereocenters. The molecule has 1 aliphatic rings. The number of carbonyl (C=O) groups is 3. The van der Waals surface area contributed by atoms with Crippen LogP contribution in [0.2, 0.25) is 0 Å². The number of halogens is 6. The maximum atomic E-state index is 14.1. The van der Waals surface area contributed by atoms with Crippen LogP contribution in [0.4, 0.5) is 42.5 Å².